The Morgan fingerprint density at radius 3 is 2.33 bits per heavy atom. The Kier molecular flexibility index (Phi) is 6.42. The second kappa shape index (κ2) is 9.58. The molecule has 0 bridgehead atoms. The van der Waals surface area contributed by atoms with E-state index in [1.54, 1.807) is 79.9 Å². The van der Waals surface area contributed by atoms with Crippen molar-refractivity contribution in [3.8, 4) is 17.2 Å². The molecule has 0 fully saturated rings. The number of cyclic esters (lactones) is 1. The van der Waals surface area contributed by atoms with E-state index >= 15 is 0 Å². The Morgan fingerprint density at radius 2 is 1.67 bits per heavy atom. The van der Waals surface area contributed by atoms with Crippen LogP contribution in [0.3, 0.4) is 0 Å². The molecule has 7 nitrogen and oxygen atoms in total. The molecule has 0 atom stereocenters. The van der Waals surface area contributed by atoms with Gasteiger partial charge in [-0.05, 0) is 72.3 Å². The minimum atomic E-state index is -0.571. The van der Waals surface area contributed by atoms with Crippen molar-refractivity contribution in [2.75, 3.05) is 14.2 Å². The molecule has 33 heavy (non-hydrogen) atoms. The molecule has 0 saturated carbocycles. The molecular formula is C25H18ClNO6. The van der Waals surface area contributed by atoms with E-state index in [0.717, 1.165) is 0 Å². The first kappa shape index (κ1) is 22.1. The third kappa shape index (κ3) is 5.05. The van der Waals surface area contributed by atoms with Gasteiger partial charge in [0.2, 0.25) is 5.90 Å². The number of carbonyl (C=O) groups excluding carboxylic acids is 2. The molecule has 8 heteroatoms. The summed E-state index contributed by atoms with van der Waals surface area (Å²) < 4.78 is 21.2. The zero-order valence-corrected chi connectivity index (χ0v) is 18.5. The number of methoxy groups -OCH3 is 2. The molecule has 0 aromatic heterocycles. The van der Waals surface area contributed by atoms with E-state index in [1.807, 2.05) is 0 Å². The van der Waals surface area contributed by atoms with Crippen LogP contribution >= 0.6 is 11.6 Å². The van der Waals surface area contributed by atoms with Crippen LogP contribution in [0.4, 0.5) is 0 Å². The first-order chi connectivity index (χ1) is 16.0. The number of rotatable bonds is 6. The van der Waals surface area contributed by atoms with Gasteiger partial charge >= 0.3 is 11.9 Å². The molecule has 166 valence electrons. The van der Waals surface area contributed by atoms with Gasteiger partial charge in [-0.15, -0.1) is 0 Å². The summed E-state index contributed by atoms with van der Waals surface area (Å²) in [5.74, 6) is 0.313. The normalized spacial score (nSPS) is 14.0. The highest BCUT2D eigenvalue weighted by Gasteiger charge is 2.24. The lowest BCUT2D eigenvalue weighted by Gasteiger charge is -2.10. The Labute approximate surface area is 194 Å². The molecule has 0 spiro atoms. The standard InChI is InChI=1S/C25H18ClNO6/c1-30-19-10-6-16(7-11-19)23-27-20(25(29)33-23)13-15-3-12-21(22(14-15)31-2)32-24(28)17-4-8-18(26)9-5-17/h3-14H,1-2H3/b20-13-. The van der Waals surface area contributed by atoms with Gasteiger partial charge in [-0.3, -0.25) is 0 Å². The molecule has 0 aliphatic carbocycles. The molecule has 4 rings (SSSR count). The summed E-state index contributed by atoms with van der Waals surface area (Å²) >= 11 is 5.85. The predicted molar refractivity (Wildman–Crippen MR) is 123 cm³/mol. The van der Waals surface area contributed by atoms with Crippen molar-refractivity contribution in [2.45, 2.75) is 0 Å². The van der Waals surface area contributed by atoms with Crippen LogP contribution in [0.5, 0.6) is 17.2 Å². The number of hydrogen-bond donors (Lipinski definition) is 0. The van der Waals surface area contributed by atoms with Crippen LogP contribution in [0.1, 0.15) is 21.5 Å². The fourth-order valence-electron chi connectivity index (χ4n) is 3.03. The number of aliphatic imine (C=N–C) groups is 1. The lowest BCUT2D eigenvalue weighted by molar-refractivity contribution is -0.129. The van der Waals surface area contributed by atoms with Gasteiger partial charge in [0.15, 0.2) is 17.2 Å². The number of ether oxygens (including phenoxy) is 4. The van der Waals surface area contributed by atoms with Crippen molar-refractivity contribution in [3.05, 3.63) is 94.1 Å². The van der Waals surface area contributed by atoms with Gasteiger partial charge < -0.3 is 18.9 Å². The third-order valence-electron chi connectivity index (χ3n) is 4.73. The fourth-order valence-corrected chi connectivity index (χ4v) is 3.15. The summed E-state index contributed by atoms with van der Waals surface area (Å²) in [4.78, 5) is 29.0. The SMILES string of the molecule is COc1ccc(C2=N/C(=C\c3ccc(OC(=O)c4ccc(Cl)cc4)c(OC)c3)C(=O)O2)cc1. The average Bonchev–Trinajstić information content (AvgIpc) is 3.20. The monoisotopic (exact) mass is 463 g/mol. The summed E-state index contributed by atoms with van der Waals surface area (Å²) in [5, 5.41) is 0.518. The van der Waals surface area contributed by atoms with E-state index in [1.165, 1.54) is 7.11 Å². The van der Waals surface area contributed by atoms with Crippen LogP contribution in [0.25, 0.3) is 6.08 Å². The van der Waals surface area contributed by atoms with Crippen molar-refractivity contribution >= 4 is 35.5 Å². The Morgan fingerprint density at radius 1 is 0.939 bits per heavy atom. The number of halogens is 1. The lowest BCUT2D eigenvalue weighted by atomic mass is 10.1. The van der Waals surface area contributed by atoms with E-state index in [9.17, 15) is 9.59 Å². The van der Waals surface area contributed by atoms with Crippen molar-refractivity contribution in [2.24, 2.45) is 4.99 Å². The van der Waals surface area contributed by atoms with Gasteiger partial charge in [0.1, 0.15) is 5.75 Å². The first-order valence-electron chi connectivity index (χ1n) is 9.79. The molecule has 0 amide bonds. The maximum absolute atomic E-state index is 12.4. The number of nitrogens with zero attached hydrogens (tertiary/aromatic N) is 1. The molecule has 0 N–H and O–H groups in total. The van der Waals surface area contributed by atoms with Crippen LogP contribution < -0.4 is 14.2 Å². The topological polar surface area (TPSA) is 83.4 Å². The Bertz CT molecular complexity index is 1260. The second-order valence-electron chi connectivity index (χ2n) is 6.87. The van der Waals surface area contributed by atoms with Crippen LogP contribution in [0, 0.1) is 0 Å². The Hall–Kier alpha value is -4.10. The summed E-state index contributed by atoms with van der Waals surface area (Å²) in [6.45, 7) is 0. The summed E-state index contributed by atoms with van der Waals surface area (Å²) in [7, 11) is 3.02. The highest BCUT2D eigenvalue weighted by molar-refractivity contribution is 6.30. The van der Waals surface area contributed by atoms with Crippen molar-refractivity contribution in [1.82, 2.24) is 0 Å². The molecule has 0 radical (unpaired) electrons. The van der Waals surface area contributed by atoms with Crippen LogP contribution in [-0.4, -0.2) is 32.1 Å². The van der Waals surface area contributed by atoms with E-state index in [2.05, 4.69) is 4.99 Å². The third-order valence-corrected chi connectivity index (χ3v) is 4.98. The van der Waals surface area contributed by atoms with Gasteiger partial charge in [0.05, 0.1) is 19.8 Å². The second-order valence-corrected chi connectivity index (χ2v) is 7.31. The molecule has 1 aliphatic rings. The molecule has 0 saturated heterocycles. The summed E-state index contributed by atoms with van der Waals surface area (Å²) in [6.07, 6.45) is 1.56. The molecule has 0 unspecified atom stereocenters. The maximum Gasteiger partial charge on any atom is 0.363 e. The highest BCUT2D eigenvalue weighted by atomic mass is 35.5. The smallest absolute Gasteiger partial charge is 0.363 e. The van der Waals surface area contributed by atoms with Gasteiger partial charge in [-0.25, -0.2) is 14.6 Å². The number of hydrogen-bond acceptors (Lipinski definition) is 7. The molecule has 1 aliphatic heterocycles. The van der Waals surface area contributed by atoms with Gasteiger partial charge in [-0.2, -0.15) is 0 Å². The van der Waals surface area contributed by atoms with Gasteiger partial charge in [0, 0.05) is 10.6 Å². The van der Waals surface area contributed by atoms with Crippen LogP contribution in [0.15, 0.2) is 77.4 Å². The number of benzene rings is 3. The lowest BCUT2D eigenvalue weighted by Crippen LogP contribution is -2.09. The summed E-state index contributed by atoms with van der Waals surface area (Å²) in [6, 6.07) is 18.2. The fraction of sp³-hybridized carbons (Fsp3) is 0.0800. The van der Waals surface area contributed by atoms with Crippen LogP contribution in [-0.2, 0) is 9.53 Å². The number of esters is 2. The minimum absolute atomic E-state index is 0.133. The van der Waals surface area contributed by atoms with Crippen molar-refractivity contribution in [1.29, 1.82) is 0 Å². The van der Waals surface area contributed by atoms with E-state index in [0.29, 0.717) is 33.2 Å². The van der Waals surface area contributed by atoms with Crippen LogP contribution in [0.2, 0.25) is 5.02 Å². The zero-order chi connectivity index (χ0) is 23.4. The van der Waals surface area contributed by atoms with Crippen molar-refractivity contribution < 1.29 is 28.5 Å². The van der Waals surface area contributed by atoms with E-state index in [-0.39, 0.29) is 17.3 Å². The average molecular weight is 464 g/mol. The van der Waals surface area contributed by atoms with Crippen molar-refractivity contribution in [3.63, 3.8) is 0 Å². The Balaban J connectivity index is 1.55. The summed E-state index contributed by atoms with van der Waals surface area (Å²) in [5.41, 5.74) is 1.75. The zero-order valence-electron chi connectivity index (χ0n) is 17.7. The van der Waals surface area contributed by atoms with E-state index < -0.39 is 11.9 Å². The maximum atomic E-state index is 12.4. The largest absolute Gasteiger partial charge is 0.497 e. The molecule has 1 heterocycles. The minimum Gasteiger partial charge on any atom is -0.497 e. The predicted octanol–water partition coefficient (Wildman–Crippen LogP) is 4.92. The molecule has 3 aromatic rings. The molecule has 3 aromatic carbocycles. The van der Waals surface area contributed by atoms with Gasteiger partial charge in [0.25, 0.3) is 0 Å². The van der Waals surface area contributed by atoms with Gasteiger partial charge in [-0.1, -0.05) is 17.7 Å². The number of carbonyl (C=O) groups is 2. The van der Waals surface area contributed by atoms with E-state index in [4.69, 9.17) is 30.5 Å². The molecular weight excluding hydrogens is 446 g/mol. The first-order valence-corrected chi connectivity index (χ1v) is 10.2. The highest BCUT2D eigenvalue weighted by Crippen LogP contribution is 2.30. The quantitative estimate of drug-likeness (QED) is 0.293.